The van der Waals surface area contributed by atoms with Gasteiger partial charge in [0.25, 0.3) is 11.6 Å². The van der Waals surface area contributed by atoms with Crippen LogP contribution >= 0.6 is 0 Å². The SMILES string of the molecule is [C-]#[N+]c1c(C)nn(-c2ncccn2)c1N=Nc1c(C)[nH]n2nc(-c3ccccc3C)nc12. The van der Waals surface area contributed by atoms with Gasteiger partial charge in [0.15, 0.2) is 17.3 Å². The van der Waals surface area contributed by atoms with Gasteiger partial charge in [-0.15, -0.1) is 15.3 Å². The van der Waals surface area contributed by atoms with Crippen LogP contribution in [0.15, 0.2) is 53.0 Å². The molecule has 11 nitrogen and oxygen atoms in total. The summed E-state index contributed by atoms with van der Waals surface area (Å²) in [6, 6.07) is 9.61. The van der Waals surface area contributed by atoms with E-state index in [1.54, 1.807) is 30.0 Å². The number of hydrogen-bond donors (Lipinski definition) is 1. The average molecular weight is 423 g/mol. The summed E-state index contributed by atoms with van der Waals surface area (Å²) in [4.78, 5) is 16.7. The molecule has 0 spiro atoms. The highest BCUT2D eigenvalue weighted by Gasteiger charge is 2.20. The molecule has 0 fully saturated rings. The lowest BCUT2D eigenvalue weighted by Crippen LogP contribution is -2.01. The molecule has 0 bridgehead atoms. The van der Waals surface area contributed by atoms with Gasteiger partial charge in [0, 0.05) is 18.0 Å². The molecule has 0 radical (unpaired) electrons. The third kappa shape index (κ3) is 3.10. The van der Waals surface area contributed by atoms with Gasteiger partial charge in [-0.1, -0.05) is 24.3 Å². The van der Waals surface area contributed by atoms with E-state index in [4.69, 9.17) is 6.57 Å². The second-order valence-corrected chi connectivity index (χ2v) is 7.10. The van der Waals surface area contributed by atoms with Gasteiger partial charge >= 0.3 is 0 Å². The minimum atomic E-state index is 0.251. The molecule has 11 heteroatoms. The Hall–Kier alpha value is -4.72. The first-order valence-electron chi connectivity index (χ1n) is 9.74. The zero-order chi connectivity index (χ0) is 22.2. The van der Waals surface area contributed by atoms with E-state index in [2.05, 4.69) is 45.3 Å². The van der Waals surface area contributed by atoms with E-state index in [1.165, 1.54) is 4.68 Å². The number of H-pyrrole nitrogens is 1. The van der Waals surface area contributed by atoms with Gasteiger partial charge in [-0.25, -0.2) is 19.8 Å². The third-order valence-electron chi connectivity index (χ3n) is 4.94. The molecule has 0 saturated heterocycles. The fraction of sp³-hybridized carbons (Fsp3) is 0.143. The summed E-state index contributed by atoms with van der Waals surface area (Å²) in [5.74, 6) is 1.15. The summed E-state index contributed by atoms with van der Waals surface area (Å²) in [5, 5.41) is 20.8. The fourth-order valence-electron chi connectivity index (χ4n) is 3.35. The summed E-state index contributed by atoms with van der Waals surface area (Å²) in [5.41, 5.74) is 4.61. The second-order valence-electron chi connectivity index (χ2n) is 7.10. The van der Waals surface area contributed by atoms with Crippen molar-refractivity contribution in [1.82, 2.24) is 39.6 Å². The maximum absolute atomic E-state index is 7.54. The first-order chi connectivity index (χ1) is 15.6. The molecule has 5 rings (SSSR count). The molecule has 0 atom stereocenters. The number of aromatic nitrogens is 8. The molecular formula is C21H17N11. The number of aromatic amines is 1. The van der Waals surface area contributed by atoms with E-state index < -0.39 is 0 Å². The molecule has 5 aromatic rings. The second kappa shape index (κ2) is 7.51. The lowest BCUT2D eigenvalue weighted by molar-refractivity contribution is 0.793. The Balaban J connectivity index is 1.61. The van der Waals surface area contributed by atoms with Crippen molar-refractivity contribution in [2.45, 2.75) is 20.8 Å². The van der Waals surface area contributed by atoms with Crippen molar-refractivity contribution in [3.63, 3.8) is 0 Å². The van der Waals surface area contributed by atoms with Crippen LogP contribution in [-0.4, -0.2) is 39.6 Å². The Kier molecular flexibility index (Phi) is 4.52. The molecule has 0 aliphatic carbocycles. The molecule has 1 aromatic carbocycles. The molecule has 0 saturated carbocycles. The number of azo groups is 1. The van der Waals surface area contributed by atoms with Crippen molar-refractivity contribution in [2.75, 3.05) is 0 Å². The molecule has 1 N–H and O–H groups in total. The predicted molar refractivity (Wildman–Crippen MR) is 117 cm³/mol. The normalized spacial score (nSPS) is 11.4. The standard InChI is InChI=1S/C21H17N11/c1-12-8-5-6-9-15(12)18-25-19-17(14(3)29-32(19)30-18)26-27-20-16(22-4)13(2)28-31(20)21-23-10-7-11-24-21/h5-11,29H,1-3H3. The van der Waals surface area contributed by atoms with Crippen molar-refractivity contribution in [1.29, 1.82) is 0 Å². The molecule has 0 amide bonds. The minimum absolute atomic E-state index is 0.251. The van der Waals surface area contributed by atoms with Crippen LogP contribution in [0.5, 0.6) is 0 Å². The van der Waals surface area contributed by atoms with E-state index in [0.29, 0.717) is 28.8 Å². The summed E-state index contributed by atoms with van der Waals surface area (Å²) in [6.45, 7) is 13.1. The summed E-state index contributed by atoms with van der Waals surface area (Å²) in [7, 11) is 0. The van der Waals surface area contributed by atoms with Crippen LogP contribution in [0, 0.1) is 27.3 Å². The van der Waals surface area contributed by atoms with Crippen LogP contribution < -0.4 is 0 Å². The van der Waals surface area contributed by atoms with Gasteiger partial charge in [0.05, 0.1) is 18.0 Å². The van der Waals surface area contributed by atoms with E-state index in [9.17, 15) is 0 Å². The Morgan fingerprint density at radius 2 is 1.78 bits per heavy atom. The minimum Gasteiger partial charge on any atom is -0.278 e. The zero-order valence-corrected chi connectivity index (χ0v) is 17.5. The number of nitrogens with one attached hydrogen (secondary N) is 1. The highest BCUT2D eigenvalue weighted by molar-refractivity contribution is 5.71. The zero-order valence-electron chi connectivity index (χ0n) is 17.5. The third-order valence-corrected chi connectivity index (χ3v) is 4.94. The van der Waals surface area contributed by atoms with Gasteiger partial charge in [-0.05, 0) is 32.4 Å². The smallest absolute Gasteiger partial charge is 0.255 e. The fourth-order valence-corrected chi connectivity index (χ4v) is 3.35. The molecule has 4 aromatic heterocycles. The van der Waals surface area contributed by atoms with Crippen LogP contribution in [0.3, 0.4) is 0 Å². The lowest BCUT2D eigenvalue weighted by atomic mass is 10.1. The number of fused-ring (bicyclic) bond motifs is 1. The van der Waals surface area contributed by atoms with Gasteiger partial charge in [-0.2, -0.15) is 14.4 Å². The number of nitrogens with zero attached hydrogens (tertiary/aromatic N) is 10. The van der Waals surface area contributed by atoms with Crippen molar-refractivity contribution < 1.29 is 0 Å². The van der Waals surface area contributed by atoms with Gasteiger partial charge < -0.3 is 0 Å². The average Bonchev–Trinajstić information content (AvgIpc) is 3.43. The largest absolute Gasteiger partial charge is 0.278 e. The molecule has 0 unspecified atom stereocenters. The quantitative estimate of drug-likeness (QED) is 0.335. The van der Waals surface area contributed by atoms with E-state index in [0.717, 1.165) is 16.8 Å². The first-order valence-corrected chi connectivity index (χ1v) is 9.74. The van der Waals surface area contributed by atoms with E-state index in [-0.39, 0.29) is 11.5 Å². The Morgan fingerprint density at radius 3 is 2.53 bits per heavy atom. The lowest BCUT2D eigenvalue weighted by Gasteiger charge is -2.01. The van der Waals surface area contributed by atoms with Crippen LogP contribution in [-0.2, 0) is 0 Å². The molecule has 4 heterocycles. The van der Waals surface area contributed by atoms with Crippen LogP contribution in [0.2, 0.25) is 0 Å². The highest BCUT2D eigenvalue weighted by atomic mass is 15.5. The molecular weight excluding hydrogens is 406 g/mol. The predicted octanol–water partition coefficient (Wildman–Crippen LogP) is 4.59. The number of aryl methyl sites for hydroxylation is 3. The molecule has 0 aliphatic rings. The highest BCUT2D eigenvalue weighted by Crippen LogP contribution is 2.35. The number of benzene rings is 1. The van der Waals surface area contributed by atoms with Gasteiger partial charge in [0.1, 0.15) is 0 Å². The molecule has 32 heavy (non-hydrogen) atoms. The van der Waals surface area contributed by atoms with Crippen molar-refractivity contribution in [3.05, 3.63) is 71.1 Å². The summed E-state index contributed by atoms with van der Waals surface area (Å²) >= 11 is 0. The maximum Gasteiger partial charge on any atom is 0.255 e. The Labute approximate surface area is 182 Å². The Bertz CT molecular complexity index is 1510. The van der Waals surface area contributed by atoms with Crippen LogP contribution in [0.1, 0.15) is 17.0 Å². The van der Waals surface area contributed by atoms with Gasteiger partial charge in [0.2, 0.25) is 5.65 Å². The summed E-state index contributed by atoms with van der Waals surface area (Å²) in [6.07, 6.45) is 3.20. The number of rotatable bonds is 4. The summed E-state index contributed by atoms with van der Waals surface area (Å²) < 4.78 is 2.98. The van der Waals surface area contributed by atoms with E-state index >= 15 is 0 Å². The van der Waals surface area contributed by atoms with Crippen molar-refractivity contribution in [2.24, 2.45) is 10.2 Å². The Morgan fingerprint density at radius 1 is 1.00 bits per heavy atom. The molecule has 156 valence electrons. The van der Waals surface area contributed by atoms with E-state index in [1.807, 2.05) is 38.1 Å². The van der Waals surface area contributed by atoms with Crippen LogP contribution in [0.25, 0.3) is 27.8 Å². The first kappa shape index (κ1) is 19.3. The maximum atomic E-state index is 7.54. The number of hydrogen-bond acceptors (Lipinski definition) is 7. The van der Waals surface area contributed by atoms with Crippen molar-refractivity contribution >= 4 is 22.8 Å². The van der Waals surface area contributed by atoms with Gasteiger partial charge in [-0.3, -0.25) is 5.10 Å². The van der Waals surface area contributed by atoms with Crippen molar-refractivity contribution in [3.8, 4) is 17.3 Å². The topological polar surface area (TPSA) is 119 Å². The molecule has 0 aliphatic heterocycles. The van der Waals surface area contributed by atoms with Crippen LogP contribution in [0.4, 0.5) is 17.2 Å². The monoisotopic (exact) mass is 423 g/mol.